The zero-order valence-corrected chi connectivity index (χ0v) is 11.6. The molecule has 0 spiro atoms. The van der Waals surface area contributed by atoms with Gasteiger partial charge in [-0.1, -0.05) is 0 Å². The standard InChI is InChI=1S/C12H14N2O8/c15-8-2-1-5-13(8)21-11(18)6-20-7-12(19)22-14-9(16)3-4-10(14)17/h1-7H2. The molecule has 0 N–H and O–H groups in total. The summed E-state index contributed by atoms with van der Waals surface area (Å²) in [7, 11) is 0. The van der Waals surface area contributed by atoms with Crippen LogP contribution >= 0.6 is 0 Å². The van der Waals surface area contributed by atoms with E-state index >= 15 is 0 Å². The zero-order valence-electron chi connectivity index (χ0n) is 11.6. The predicted octanol–water partition coefficient (Wildman–Crippen LogP) is -1.31. The Kier molecular flexibility index (Phi) is 5.04. The molecule has 0 unspecified atom stereocenters. The van der Waals surface area contributed by atoms with E-state index in [1.807, 2.05) is 0 Å². The van der Waals surface area contributed by atoms with Gasteiger partial charge in [-0.25, -0.2) is 9.59 Å². The van der Waals surface area contributed by atoms with Gasteiger partial charge < -0.3 is 14.4 Å². The minimum atomic E-state index is -0.992. The van der Waals surface area contributed by atoms with Gasteiger partial charge in [-0.2, -0.15) is 5.06 Å². The second kappa shape index (κ2) is 6.98. The number of amides is 3. The van der Waals surface area contributed by atoms with Crippen molar-refractivity contribution in [3.05, 3.63) is 0 Å². The van der Waals surface area contributed by atoms with Gasteiger partial charge in [0, 0.05) is 19.3 Å². The van der Waals surface area contributed by atoms with Crippen molar-refractivity contribution in [1.82, 2.24) is 10.1 Å². The lowest BCUT2D eigenvalue weighted by Gasteiger charge is -2.14. The molecule has 3 amide bonds. The lowest BCUT2D eigenvalue weighted by Crippen LogP contribution is -2.34. The molecule has 22 heavy (non-hydrogen) atoms. The van der Waals surface area contributed by atoms with Crippen LogP contribution in [0.4, 0.5) is 0 Å². The van der Waals surface area contributed by atoms with Crippen molar-refractivity contribution in [3.63, 3.8) is 0 Å². The van der Waals surface area contributed by atoms with E-state index in [0.29, 0.717) is 24.4 Å². The fourth-order valence-corrected chi connectivity index (χ4v) is 1.87. The molecule has 2 heterocycles. The first-order chi connectivity index (χ1) is 10.5. The third-order valence-electron chi connectivity index (χ3n) is 2.88. The minimum absolute atomic E-state index is 0.0108. The summed E-state index contributed by atoms with van der Waals surface area (Å²) in [5.41, 5.74) is 0. The monoisotopic (exact) mass is 314 g/mol. The summed E-state index contributed by atoms with van der Waals surface area (Å²) in [6.07, 6.45) is 0.905. The SMILES string of the molecule is O=C(COCC(=O)ON1C(=O)CCC1=O)ON1CCCC1=O. The summed E-state index contributed by atoms with van der Waals surface area (Å²) in [6.45, 7) is -0.882. The molecular weight excluding hydrogens is 300 g/mol. The number of carbonyl (C=O) groups is 5. The normalized spacial score (nSPS) is 18.1. The fourth-order valence-electron chi connectivity index (χ4n) is 1.87. The first-order valence-corrected chi connectivity index (χ1v) is 6.63. The molecule has 0 radical (unpaired) electrons. The van der Waals surface area contributed by atoms with Gasteiger partial charge in [0.05, 0.1) is 6.54 Å². The topological polar surface area (TPSA) is 120 Å². The Balaban J connectivity index is 1.64. The summed E-state index contributed by atoms with van der Waals surface area (Å²) in [4.78, 5) is 65.6. The molecule has 2 aliphatic rings. The average molecular weight is 314 g/mol. The van der Waals surface area contributed by atoms with E-state index in [2.05, 4.69) is 4.84 Å². The fraction of sp³-hybridized carbons (Fsp3) is 0.583. The summed E-state index contributed by atoms with van der Waals surface area (Å²) >= 11 is 0. The first kappa shape index (κ1) is 15.9. The van der Waals surface area contributed by atoms with E-state index in [9.17, 15) is 24.0 Å². The molecule has 10 nitrogen and oxygen atoms in total. The van der Waals surface area contributed by atoms with Gasteiger partial charge in [0.1, 0.15) is 13.2 Å². The zero-order chi connectivity index (χ0) is 16.1. The van der Waals surface area contributed by atoms with Crippen molar-refractivity contribution in [2.45, 2.75) is 25.7 Å². The van der Waals surface area contributed by atoms with E-state index in [-0.39, 0.29) is 18.7 Å². The van der Waals surface area contributed by atoms with Gasteiger partial charge >= 0.3 is 11.9 Å². The van der Waals surface area contributed by atoms with Crippen LogP contribution in [0, 0.1) is 0 Å². The van der Waals surface area contributed by atoms with Crippen LogP contribution in [-0.2, 0) is 38.4 Å². The predicted molar refractivity (Wildman–Crippen MR) is 65.0 cm³/mol. The quantitative estimate of drug-likeness (QED) is 0.554. The summed E-state index contributed by atoms with van der Waals surface area (Å²) in [6, 6.07) is 0. The molecule has 2 fully saturated rings. The van der Waals surface area contributed by atoms with E-state index in [1.54, 1.807) is 0 Å². The average Bonchev–Trinajstić information content (AvgIpc) is 2.99. The van der Waals surface area contributed by atoms with Crippen LogP contribution in [0.5, 0.6) is 0 Å². The second-order valence-electron chi connectivity index (χ2n) is 4.60. The van der Waals surface area contributed by atoms with Crippen molar-refractivity contribution in [2.75, 3.05) is 19.8 Å². The van der Waals surface area contributed by atoms with Crippen molar-refractivity contribution >= 4 is 29.7 Å². The smallest absolute Gasteiger partial charge is 0.358 e. The van der Waals surface area contributed by atoms with Crippen LogP contribution in [0.2, 0.25) is 0 Å². The van der Waals surface area contributed by atoms with Crippen molar-refractivity contribution in [1.29, 1.82) is 0 Å². The molecule has 2 aliphatic heterocycles. The third-order valence-corrected chi connectivity index (χ3v) is 2.88. The minimum Gasteiger partial charge on any atom is -0.358 e. The Morgan fingerprint density at radius 2 is 1.45 bits per heavy atom. The number of carbonyl (C=O) groups excluding carboxylic acids is 5. The number of ether oxygens (including phenoxy) is 1. The summed E-state index contributed by atoms with van der Waals surface area (Å²) < 4.78 is 4.75. The number of rotatable bonds is 6. The Labute approximate surface area is 124 Å². The maximum Gasteiger partial charge on any atom is 0.358 e. The second-order valence-corrected chi connectivity index (χ2v) is 4.60. The van der Waals surface area contributed by atoms with Gasteiger partial charge in [-0.3, -0.25) is 14.4 Å². The molecule has 120 valence electrons. The van der Waals surface area contributed by atoms with Crippen LogP contribution in [0.25, 0.3) is 0 Å². The number of hydrogen-bond acceptors (Lipinski definition) is 8. The van der Waals surface area contributed by atoms with Crippen LogP contribution in [0.15, 0.2) is 0 Å². The molecule has 2 rings (SSSR count). The molecule has 0 aromatic heterocycles. The first-order valence-electron chi connectivity index (χ1n) is 6.63. The Hall–Kier alpha value is -2.49. The van der Waals surface area contributed by atoms with Crippen molar-refractivity contribution in [3.8, 4) is 0 Å². The highest BCUT2D eigenvalue weighted by Gasteiger charge is 2.33. The highest BCUT2D eigenvalue weighted by atomic mass is 16.7. The number of hydroxylamine groups is 4. The molecule has 0 aliphatic carbocycles. The number of hydrogen-bond donors (Lipinski definition) is 0. The van der Waals surface area contributed by atoms with Crippen LogP contribution in [0.1, 0.15) is 25.7 Å². The molecule has 0 bridgehead atoms. The Bertz CT molecular complexity index is 501. The lowest BCUT2D eigenvalue weighted by molar-refractivity contribution is -0.204. The highest BCUT2D eigenvalue weighted by molar-refractivity contribution is 6.01. The van der Waals surface area contributed by atoms with Gasteiger partial charge in [-0.05, 0) is 6.42 Å². The largest absolute Gasteiger partial charge is 0.358 e. The van der Waals surface area contributed by atoms with Crippen LogP contribution in [0.3, 0.4) is 0 Å². The van der Waals surface area contributed by atoms with E-state index in [1.165, 1.54) is 0 Å². The van der Waals surface area contributed by atoms with Gasteiger partial charge in [0.25, 0.3) is 17.7 Å². The molecule has 0 atom stereocenters. The molecule has 2 saturated heterocycles. The molecule has 0 aromatic carbocycles. The Morgan fingerprint density at radius 1 is 0.864 bits per heavy atom. The maximum absolute atomic E-state index is 11.4. The van der Waals surface area contributed by atoms with Crippen LogP contribution in [-0.4, -0.2) is 59.5 Å². The molecule has 0 aromatic rings. The van der Waals surface area contributed by atoms with E-state index in [0.717, 1.165) is 5.06 Å². The molecular formula is C12H14N2O8. The Morgan fingerprint density at radius 3 is 2.00 bits per heavy atom. The number of imide groups is 1. The van der Waals surface area contributed by atoms with E-state index < -0.39 is 37.0 Å². The van der Waals surface area contributed by atoms with Crippen LogP contribution < -0.4 is 0 Å². The van der Waals surface area contributed by atoms with Gasteiger partial charge in [0.15, 0.2) is 0 Å². The number of nitrogens with zero attached hydrogens (tertiary/aromatic N) is 2. The molecule has 10 heteroatoms. The molecule has 0 saturated carbocycles. The van der Waals surface area contributed by atoms with E-state index in [4.69, 9.17) is 9.57 Å². The van der Waals surface area contributed by atoms with Crippen molar-refractivity contribution < 1.29 is 38.4 Å². The summed E-state index contributed by atoms with van der Waals surface area (Å²) in [5.74, 6) is -3.33. The highest BCUT2D eigenvalue weighted by Crippen LogP contribution is 2.12. The van der Waals surface area contributed by atoms with Crippen molar-refractivity contribution in [2.24, 2.45) is 0 Å². The lowest BCUT2D eigenvalue weighted by atomic mass is 10.4. The van der Waals surface area contributed by atoms with Gasteiger partial charge in [0.2, 0.25) is 0 Å². The third kappa shape index (κ3) is 4.01. The maximum atomic E-state index is 11.4. The van der Waals surface area contributed by atoms with Gasteiger partial charge in [-0.15, -0.1) is 5.06 Å². The summed E-state index contributed by atoms with van der Waals surface area (Å²) in [5, 5.41) is 1.32.